The van der Waals surface area contributed by atoms with Gasteiger partial charge >= 0.3 is 15.4 Å². The zero-order valence-corrected chi connectivity index (χ0v) is 22.8. The fourth-order valence-electron chi connectivity index (χ4n) is 4.13. The van der Waals surface area contributed by atoms with Crippen molar-refractivity contribution in [2.75, 3.05) is 13.2 Å². The highest BCUT2D eigenvalue weighted by molar-refractivity contribution is 7.97. The molecule has 0 aromatic heterocycles. The molecule has 0 bridgehead atoms. The molecule has 3 aromatic rings. The van der Waals surface area contributed by atoms with E-state index < -0.39 is 38.2 Å². The minimum absolute atomic E-state index is 0.0544. The molecule has 10 heteroatoms. The Kier molecular flexibility index (Phi) is 8.78. The SMILES string of the molecule is CC(Oc1ccc([S+](c2ccccc2)c2cccc(C3(C)OCCCCCO3)c2)cc1)C(F)(F)S(=O)(=O)O. The first-order chi connectivity index (χ1) is 18.0. The molecule has 0 amide bonds. The smallest absolute Gasteiger partial charge is 0.405 e. The van der Waals surface area contributed by atoms with Crippen molar-refractivity contribution in [1.29, 1.82) is 0 Å². The lowest BCUT2D eigenvalue weighted by Crippen LogP contribution is -2.42. The summed E-state index contributed by atoms with van der Waals surface area (Å²) in [5.41, 5.74) is 0.909. The van der Waals surface area contributed by atoms with Gasteiger partial charge in [-0.05, 0) is 75.6 Å². The van der Waals surface area contributed by atoms with Crippen LogP contribution < -0.4 is 4.74 Å². The lowest BCUT2D eigenvalue weighted by Gasteiger charge is -2.32. The third kappa shape index (κ3) is 6.38. The van der Waals surface area contributed by atoms with E-state index in [4.69, 9.17) is 18.8 Å². The summed E-state index contributed by atoms with van der Waals surface area (Å²) in [6, 6.07) is 24.5. The first kappa shape index (κ1) is 28.5. The number of hydrogen-bond acceptors (Lipinski definition) is 5. The van der Waals surface area contributed by atoms with Crippen LogP contribution in [0.25, 0.3) is 0 Å². The minimum atomic E-state index is -5.62. The number of alkyl halides is 2. The van der Waals surface area contributed by atoms with Crippen LogP contribution in [0.4, 0.5) is 8.78 Å². The van der Waals surface area contributed by atoms with Crippen LogP contribution in [0.3, 0.4) is 0 Å². The summed E-state index contributed by atoms with van der Waals surface area (Å²) in [5, 5.41) is -4.45. The summed E-state index contributed by atoms with van der Waals surface area (Å²) in [6.07, 6.45) is 0.948. The Hall–Kier alpha value is -2.50. The van der Waals surface area contributed by atoms with Gasteiger partial charge in [-0.1, -0.05) is 30.3 Å². The van der Waals surface area contributed by atoms with E-state index in [9.17, 15) is 17.2 Å². The lowest BCUT2D eigenvalue weighted by molar-refractivity contribution is -0.241. The first-order valence-electron chi connectivity index (χ1n) is 12.3. The van der Waals surface area contributed by atoms with Crippen molar-refractivity contribution in [3.05, 3.63) is 84.4 Å². The maximum atomic E-state index is 13.9. The predicted octanol–water partition coefficient (Wildman–Crippen LogP) is 6.42. The molecule has 1 fully saturated rings. The van der Waals surface area contributed by atoms with Gasteiger partial charge in [-0.15, -0.1) is 0 Å². The number of rotatable bonds is 8. The van der Waals surface area contributed by atoms with Crippen molar-refractivity contribution in [2.45, 2.75) is 64.9 Å². The fourth-order valence-corrected chi connectivity index (χ4v) is 6.71. The molecular formula is C28H31F2O6S2+. The summed E-state index contributed by atoms with van der Waals surface area (Å²) in [7, 11) is -6.17. The van der Waals surface area contributed by atoms with E-state index in [-0.39, 0.29) is 5.75 Å². The van der Waals surface area contributed by atoms with Crippen LogP contribution in [0.1, 0.15) is 38.7 Å². The number of halogens is 2. The first-order valence-corrected chi connectivity index (χ1v) is 15.0. The van der Waals surface area contributed by atoms with Gasteiger partial charge in [0.15, 0.2) is 26.6 Å². The predicted molar refractivity (Wildman–Crippen MR) is 141 cm³/mol. The number of ether oxygens (including phenoxy) is 3. The molecule has 1 heterocycles. The Bertz CT molecular complexity index is 1310. The molecule has 1 aliphatic rings. The summed E-state index contributed by atoms with van der Waals surface area (Å²) >= 11 is 0. The Labute approximate surface area is 225 Å². The molecule has 204 valence electrons. The molecule has 1 N–H and O–H groups in total. The number of hydrogen-bond donors (Lipinski definition) is 1. The average molecular weight is 566 g/mol. The molecule has 0 spiro atoms. The van der Waals surface area contributed by atoms with Crippen LogP contribution in [-0.2, 0) is 36.3 Å². The molecule has 4 rings (SSSR count). The van der Waals surface area contributed by atoms with Gasteiger partial charge in [-0.3, -0.25) is 4.55 Å². The van der Waals surface area contributed by atoms with E-state index in [1.807, 2.05) is 55.5 Å². The number of benzene rings is 3. The lowest BCUT2D eigenvalue weighted by atomic mass is 10.1. The van der Waals surface area contributed by atoms with E-state index in [0.717, 1.165) is 46.4 Å². The molecule has 1 aliphatic heterocycles. The second kappa shape index (κ2) is 11.7. The Morgan fingerprint density at radius 1 is 0.895 bits per heavy atom. The van der Waals surface area contributed by atoms with Crippen molar-refractivity contribution in [3.63, 3.8) is 0 Å². The van der Waals surface area contributed by atoms with Gasteiger partial charge in [0.25, 0.3) is 0 Å². The molecule has 6 nitrogen and oxygen atoms in total. The van der Waals surface area contributed by atoms with E-state index in [0.29, 0.717) is 13.2 Å². The third-order valence-electron chi connectivity index (χ3n) is 6.31. The van der Waals surface area contributed by atoms with Gasteiger partial charge in [0.1, 0.15) is 5.75 Å². The molecule has 0 radical (unpaired) electrons. The minimum Gasteiger partial charge on any atom is -0.483 e. The van der Waals surface area contributed by atoms with E-state index >= 15 is 0 Å². The zero-order valence-electron chi connectivity index (χ0n) is 21.2. The highest BCUT2D eigenvalue weighted by atomic mass is 32.2. The van der Waals surface area contributed by atoms with Gasteiger partial charge in [0.05, 0.1) is 24.1 Å². The van der Waals surface area contributed by atoms with Crippen LogP contribution in [-0.4, -0.2) is 37.5 Å². The highest BCUT2D eigenvalue weighted by Gasteiger charge is 2.51. The van der Waals surface area contributed by atoms with E-state index in [1.165, 1.54) is 12.1 Å². The maximum Gasteiger partial charge on any atom is 0.405 e. The second-order valence-electron chi connectivity index (χ2n) is 9.12. The molecule has 3 aromatic carbocycles. The van der Waals surface area contributed by atoms with Gasteiger partial charge in [-0.25, -0.2) is 0 Å². The van der Waals surface area contributed by atoms with Crippen LogP contribution >= 0.6 is 0 Å². The normalized spacial score (nSPS) is 18.1. The Morgan fingerprint density at radius 2 is 1.47 bits per heavy atom. The van der Waals surface area contributed by atoms with Gasteiger partial charge in [0, 0.05) is 11.6 Å². The zero-order chi connectivity index (χ0) is 27.4. The van der Waals surface area contributed by atoms with Crippen LogP contribution in [0, 0.1) is 0 Å². The van der Waals surface area contributed by atoms with Crippen molar-refractivity contribution >= 4 is 21.0 Å². The van der Waals surface area contributed by atoms with Crippen LogP contribution in [0.5, 0.6) is 5.75 Å². The van der Waals surface area contributed by atoms with Crippen molar-refractivity contribution in [1.82, 2.24) is 0 Å². The van der Waals surface area contributed by atoms with Crippen molar-refractivity contribution < 1.29 is 36.0 Å². The fraction of sp³-hybridized carbons (Fsp3) is 0.357. The summed E-state index contributed by atoms with van der Waals surface area (Å²) in [5.74, 6) is -0.812. The Balaban J connectivity index is 1.66. The molecule has 1 saturated heterocycles. The standard InChI is InChI=1S/C28H30F2O6S2/c1-21(28(29,30)38(31,32)33)36-23-14-16-25(17-15-23)37(24-11-5-3-6-12-24)26-13-9-10-22(20-26)27(2)34-18-7-4-8-19-35-27/h3,5-6,9-17,20-21H,4,7-8,18-19H2,1-2H3/p+1. The topological polar surface area (TPSA) is 82.1 Å². The van der Waals surface area contributed by atoms with Crippen LogP contribution in [0.15, 0.2) is 93.5 Å². The molecule has 2 unspecified atom stereocenters. The second-order valence-corrected chi connectivity index (χ2v) is 12.6. The van der Waals surface area contributed by atoms with E-state index in [1.54, 1.807) is 12.1 Å². The average Bonchev–Trinajstić information content (AvgIpc) is 2.88. The van der Waals surface area contributed by atoms with Gasteiger partial charge in [0.2, 0.25) is 0 Å². The largest absolute Gasteiger partial charge is 0.483 e. The molecule has 0 aliphatic carbocycles. The highest BCUT2D eigenvalue weighted by Crippen LogP contribution is 2.37. The molecule has 2 atom stereocenters. The molecule has 38 heavy (non-hydrogen) atoms. The molecule has 0 saturated carbocycles. The van der Waals surface area contributed by atoms with E-state index in [2.05, 4.69) is 6.07 Å². The Morgan fingerprint density at radius 3 is 2.08 bits per heavy atom. The summed E-state index contributed by atoms with van der Waals surface area (Å²) in [4.78, 5) is 2.97. The van der Waals surface area contributed by atoms with Crippen LogP contribution in [0.2, 0.25) is 0 Å². The maximum absolute atomic E-state index is 13.9. The summed E-state index contributed by atoms with van der Waals surface area (Å²) < 4.78 is 76.3. The van der Waals surface area contributed by atoms with Crippen molar-refractivity contribution in [3.8, 4) is 5.75 Å². The van der Waals surface area contributed by atoms with Crippen molar-refractivity contribution in [2.24, 2.45) is 0 Å². The van der Waals surface area contributed by atoms with Gasteiger partial charge < -0.3 is 14.2 Å². The quantitative estimate of drug-likeness (QED) is 0.251. The molecular weight excluding hydrogens is 534 g/mol. The summed E-state index contributed by atoms with van der Waals surface area (Å²) in [6.45, 7) is 4.05. The monoisotopic (exact) mass is 565 g/mol. The van der Waals surface area contributed by atoms with Gasteiger partial charge in [-0.2, -0.15) is 17.2 Å². The third-order valence-corrected chi connectivity index (χ3v) is 9.54.